The van der Waals surface area contributed by atoms with Crippen molar-refractivity contribution in [3.05, 3.63) is 48.5 Å². The van der Waals surface area contributed by atoms with Crippen LogP contribution in [0.1, 0.15) is 19.3 Å². The molecule has 1 saturated carbocycles. The predicted molar refractivity (Wildman–Crippen MR) is 119 cm³/mol. The van der Waals surface area contributed by atoms with Crippen LogP contribution in [0.3, 0.4) is 0 Å². The van der Waals surface area contributed by atoms with Crippen molar-refractivity contribution in [1.29, 1.82) is 0 Å². The normalized spacial score (nSPS) is 18.4. The highest BCUT2D eigenvalue weighted by atomic mass is 35.5. The number of carbonyl (C=O) groups excluding carboxylic acids is 1. The van der Waals surface area contributed by atoms with E-state index in [4.69, 9.17) is 10.7 Å². The number of nitrogens with one attached hydrogen (secondary N) is 1. The number of hydrogen-bond acceptors (Lipinski definition) is 3. The number of rotatable bonds is 4. The number of hydrogen-bond donors (Lipinski definition) is 2. The zero-order valence-electron chi connectivity index (χ0n) is 15.8. The Balaban J connectivity index is 0.00000140. The first-order valence-electron chi connectivity index (χ1n) is 9.20. The summed E-state index contributed by atoms with van der Waals surface area (Å²) in [6, 6.07) is 16.0. The van der Waals surface area contributed by atoms with E-state index in [1.165, 1.54) is 0 Å². The monoisotopic (exact) mass is 420 g/mol. The van der Waals surface area contributed by atoms with Crippen LogP contribution in [0.2, 0.25) is 0 Å². The Bertz CT molecular complexity index is 956. The van der Waals surface area contributed by atoms with Gasteiger partial charge in [-0.05, 0) is 49.6 Å². The molecule has 1 amide bonds. The second kappa shape index (κ2) is 9.41. The van der Waals surface area contributed by atoms with Crippen LogP contribution in [-0.2, 0) is 11.8 Å². The van der Waals surface area contributed by atoms with Crippen molar-refractivity contribution in [3.8, 4) is 11.4 Å². The van der Waals surface area contributed by atoms with Gasteiger partial charge in [0.15, 0.2) is 0 Å². The zero-order chi connectivity index (χ0) is 18.1. The van der Waals surface area contributed by atoms with Crippen LogP contribution in [-0.4, -0.2) is 22.0 Å². The highest BCUT2D eigenvalue weighted by molar-refractivity contribution is 5.93. The van der Waals surface area contributed by atoms with Crippen molar-refractivity contribution in [2.24, 2.45) is 24.6 Å². The van der Waals surface area contributed by atoms with Crippen LogP contribution < -0.4 is 11.1 Å². The average molecular weight is 421 g/mol. The second-order valence-electron chi connectivity index (χ2n) is 7.09. The molecule has 28 heavy (non-hydrogen) atoms. The Morgan fingerprint density at radius 2 is 1.96 bits per heavy atom. The average Bonchev–Trinajstić information content (AvgIpc) is 3.27. The minimum absolute atomic E-state index is 0. The summed E-state index contributed by atoms with van der Waals surface area (Å²) in [4.78, 5) is 17.4. The molecule has 0 saturated heterocycles. The van der Waals surface area contributed by atoms with Crippen LogP contribution in [0, 0.1) is 11.8 Å². The molecule has 1 fully saturated rings. The number of benzene rings is 2. The van der Waals surface area contributed by atoms with Gasteiger partial charge >= 0.3 is 0 Å². The van der Waals surface area contributed by atoms with Gasteiger partial charge in [0.1, 0.15) is 5.82 Å². The lowest BCUT2D eigenvalue weighted by Crippen LogP contribution is -2.29. The summed E-state index contributed by atoms with van der Waals surface area (Å²) in [5.74, 6) is 1.31. The highest BCUT2D eigenvalue weighted by Crippen LogP contribution is 2.32. The van der Waals surface area contributed by atoms with Gasteiger partial charge in [0.2, 0.25) is 5.91 Å². The molecule has 0 radical (unpaired) electrons. The Morgan fingerprint density at radius 1 is 1.18 bits per heavy atom. The Labute approximate surface area is 177 Å². The van der Waals surface area contributed by atoms with E-state index in [0.29, 0.717) is 12.5 Å². The van der Waals surface area contributed by atoms with Gasteiger partial charge < -0.3 is 15.6 Å². The van der Waals surface area contributed by atoms with E-state index in [1.807, 2.05) is 49.5 Å². The number of carbonyl (C=O) groups is 1. The molecule has 3 N–H and O–H groups in total. The van der Waals surface area contributed by atoms with Crippen LogP contribution in [0.4, 0.5) is 5.69 Å². The largest absolute Gasteiger partial charge is 0.330 e. The molecule has 3 aromatic rings. The van der Waals surface area contributed by atoms with Crippen LogP contribution in [0.25, 0.3) is 22.4 Å². The van der Waals surface area contributed by atoms with E-state index in [2.05, 4.69) is 16.0 Å². The molecule has 0 bridgehead atoms. The van der Waals surface area contributed by atoms with Gasteiger partial charge in [-0.1, -0.05) is 30.7 Å². The van der Waals surface area contributed by atoms with Crippen molar-refractivity contribution in [1.82, 2.24) is 9.55 Å². The quantitative estimate of drug-likeness (QED) is 0.656. The number of fused-ring (bicyclic) bond motifs is 1. The maximum atomic E-state index is 12.7. The Hall–Kier alpha value is -2.08. The molecule has 7 heteroatoms. The number of anilines is 1. The van der Waals surface area contributed by atoms with E-state index in [0.717, 1.165) is 47.4 Å². The van der Waals surface area contributed by atoms with E-state index in [9.17, 15) is 4.79 Å². The third-order valence-electron chi connectivity index (χ3n) is 5.47. The number of aromatic nitrogens is 2. The van der Waals surface area contributed by atoms with E-state index in [-0.39, 0.29) is 36.6 Å². The second-order valence-corrected chi connectivity index (χ2v) is 7.09. The van der Waals surface area contributed by atoms with Crippen molar-refractivity contribution < 1.29 is 4.79 Å². The van der Waals surface area contributed by atoms with Gasteiger partial charge in [-0.3, -0.25) is 4.79 Å². The number of nitrogens with two attached hydrogens (primary N) is 1. The molecular weight excluding hydrogens is 395 g/mol. The molecule has 5 nitrogen and oxygen atoms in total. The molecule has 1 aliphatic carbocycles. The molecule has 2 atom stereocenters. The molecule has 1 aliphatic rings. The molecule has 1 aromatic heterocycles. The maximum absolute atomic E-state index is 12.7. The number of para-hydroxylation sites is 2. The number of nitrogens with zero attached hydrogens (tertiary/aromatic N) is 2. The SMILES string of the molecule is Cl.Cl.Cn1c(-c2cccc(NC(=O)[C@@H]3CCC[C@@H]3CN)c2)nc2ccccc21. The van der Waals surface area contributed by atoms with Gasteiger partial charge in [0.25, 0.3) is 0 Å². The van der Waals surface area contributed by atoms with Gasteiger partial charge in [-0.2, -0.15) is 0 Å². The van der Waals surface area contributed by atoms with Crippen LogP contribution in [0.5, 0.6) is 0 Å². The third-order valence-corrected chi connectivity index (χ3v) is 5.47. The van der Waals surface area contributed by atoms with Crippen molar-refractivity contribution >= 4 is 47.4 Å². The molecule has 4 rings (SSSR count). The van der Waals surface area contributed by atoms with E-state index >= 15 is 0 Å². The number of amides is 1. The van der Waals surface area contributed by atoms with Crippen molar-refractivity contribution in [3.63, 3.8) is 0 Å². The molecule has 2 aromatic carbocycles. The topological polar surface area (TPSA) is 72.9 Å². The lowest BCUT2D eigenvalue weighted by Gasteiger charge is -2.17. The summed E-state index contributed by atoms with van der Waals surface area (Å²) in [6.45, 7) is 0.581. The minimum Gasteiger partial charge on any atom is -0.330 e. The van der Waals surface area contributed by atoms with Gasteiger partial charge in [0.05, 0.1) is 11.0 Å². The smallest absolute Gasteiger partial charge is 0.227 e. The Kier molecular flexibility index (Phi) is 7.47. The molecule has 150 valence electrons. The summed E-state index contributed by atoms with van der Waals surface area (Å²) in [7, 11) is 2.01. The molecular formula is C21H26Cl2N4O. The zero-order valence-corrected chi connectivity index (χ0v) is 17.4. The number of aryl methyl sites for hydroxylation is 1. The fourth-order valence-corrected chi connectivity index (χ4v) is 4.04. The first-order chi connectivity index (χ1) is 12.7. The minimum atomic E-state index is 0. The summed E-state index contributed by atoms with van der Waals surface area (Å²) < 4.78 is 2.08. The first-order valence-corrected chi connectivity index (χ1v) is 9.20. The van der Waals surface area contributed by atoms with E-state index < -0.39 is 0 Å². The highest BCUT2D eigenvalue weighted by Gasteiger charge is 2.31. The Morgan fingerprint density at radius 3 is 2.71 bits per heavy atom. The van der Waals surface area contributed by atoms with Crippen LogP contribution in [0.15, 0.2) is 48.5 Å². The van der Waals surface area contributed by atoms with Crippen molar-refractivity contribution in [2.75, 3.05) is 11.9 Å². The van der Waals surface area contributed by atoms with Crippen molar-refractivity contribution in [2.45, 2.75) is 19.3 Å². The van der Waals surface area contributed by atoms with Crippen LogP contribution >= 0.6 is 24.8 Å². The summed E-state index contributed by atoms with van der Waals surface area (Å²) >= 11 is 0. The molecule has 1 heterocycles. The predicted octanol–water partition coefficient (Wildman–Crippen LogP) is 4.40. The lowest BCUT2D eigenvalue weighted by molar-refractivity contribution is -0.120. The van der Waals surface area contributed by atoms with E-state index in [1.54, 1.807) is 0 Å². The lowest BCUT2D eigenvalue weighted by atomic mass is 9.95. The third kappa shape index (κ3) is 4.17. The standard InChI is InChI=1S/C21H24N4O.2ClH/c1-25-19-11-3-2-10-18(19)24-20(25)14-6-4-8-16(12-14)23-21(26)17-9-5-7-15(17)13-22;;/h2-4,6,8,10-12,15,17H,5,7,9,13,22H2,1H3,(H,23,26);2*1H/t15-,17-;;/m1../s1. The van der Waals surface area contributed by atoms with Gasteiger partial charge in [0, 0.05) is 24.2 Å². The fraction of sp³-hybridized carbons (Fsp3) is 0.333. The number of imidazole rings is 1. The molecule has 0 unspecified atom stereocenters. The fourth-order valence-electron chi connectivity index (χ4n) is 4.04. The summed E-state index contributed by atoms with van der Waals surface area (Å²) in [5.41, 5.74) is 9.67. The summed E-state index contributed by atoms with van der Waals surface area (Å²) in [6.07, 6.45) is 3.06. The molecule has 0 spiro atoms. The molecule has 0 aliphatic heterocycles. The number of halogens is 2. The van der Waals surface area contributed by atoms with Gasteiger partial charge in [-0.15, -0.1) is 24.8 Å². The first kappa shape index (κ1) is 22.2. The summed E-state index contributed by atoms with van der Waals surface area (Å²) in [5, 5.41) is 3.08. The van der Waals surface area contributed by atoms with Gasteiger partial charge in [-0.25, -0.2) is 4.98 Å². The maximum Gasteiger partial charge on any atom is 0.227 e.